The minimum atomic E-state index is -7.37. The summed E-state index contributed by atoms with van der Waals surface area (Å²) < 4.78 is 134. The van der Waals surface area contributed by atoms with Crippen molar-refractivity contribution in [3.05, 3.63) is 0 Å². The van der Waals surface area contributed by atoms with Gasteiger partial charge in [-0.25, -0.2) is 0 Å². The summed E-state index contributed by atoms with van der Waals surface area (Å²) in [4.78, 5) is 9.38. The van der Waals surface area contributed by atoms with E-state index in [1.165, 1.54) is 0 Å². The van der Waals surface area contributed by atoms with Gasteiger partial charge in [-0.05, 0) is 0 Å². The van der Waals surface area contributed by atoms with Crippen LogP contribution < -0.4 is 14.6 Å². The maximum atomic E-state index is 12.2. The Balaban J connectivity index is 0.000000664. The fraction of sp³-hybridized carbons (Fsp3) is 1.00. The van der Waals surface area contributed by atoms with Gasteiger partial charge in [-0.1, -0.05) is 0 Å². The van der Waals surface area contributed by atoms with E-state index in [-0.39, 0.29) is 0 Å². The third kappa shape index (κ3) is 5.21. The molecule has 1 heterocycles. The average Bonchev–Trinajstić information content (AvgIpc) is 2.38. The van der Waals surface area contributed by atoms with Crippen molar-refractivity contribution in [3.63, 3.8) is 0 Å². The van der Waals surface area contributed by atoms with Crippen molar-refractivity contribution in [2.45, 2.75) is 23.3 Å². The zero-order valence-corrected chi connectivity index (χ0v) is 13.9. The van der Waals surface area contributed by atoms with Crippen LogP contribution in [0.3, 0.4) is 0 Å². The number of rotatable bonds is 3. The van der Waals surface area contributed by atoms with Gasteiger partial charge in [0.2, 0.25) is 0 Å². The largest absolute Gasteiger partial charge is 0.460 e. The van der Waals surface area contributed by atoms with Crippen LogP contribution in [-0.4, -0.2) is 36.2 Å². The third-order valence-corrected chi connectivity index (χ3v) is 5.72. The summed E-state index contributed by atoms with van der Waals surface area (Å²) in [6.45, 7) is 0. The highest BCUT2D eigenvalue weighted by Gasteiger charge is 2.85. The maximum absolute atomic E-state index is 12.2. The minimum Gasteiger partial charge on any atom is -0.281 e. The third-order valence-electron chi connectivity index (χ3n) is 1.81. The lowest BCUT2D eigenvalue weighted by molar-refractivity contribution is -0.382. The number of alkyl halides is 9. The van der Waals surface area contributed by atoms with E-state index < -0.39 is 33.4 Å². The molecule has 0 amide bonds. The summed E-state index contributed by atoms with van der Waals surface area (Å²) in [5, 5.41) is -7.00. The molecule has 0 aromatic heterocycles. The molecular formula is C4H7F9N3O3P3S. The summed E-state index contributed by atoms with van der Waals surface area (Å²) in [5.41, 5.74) is 0. The summed E-state index contributed by atoms with van der Waals surface area (Å²) >= 11 is 0. The number of hydrogen-bond acceptors (Lipinski definition) is 5. The van der Waals surface area contributed by atoms with E-state index in [2.05, 4.69) is 14.6 Å². The molecule has 23 heavy (non-hydrogen) atoms. The van der Waals surface area contributed by atoms with Crippen LogP contribution in [0, 0.1) is 0 Å². The van der Waals surface area contributed by atoms with Crippen LogP contribution in [0.25, 0.3) is 0 Å². The molecule has 1 saturated heterocycles. The number of hydrogen-bond donors (Lipinski definition) is 4. The Bertz CT molecular complexity index is 484. The smallest absolute Gasteiger partial charge is 0.281 e. The van der Waals surface area contributed by atoms with Gasteiger partial charge in [0.05, 0.1) is 0 Å². The zero-order chi connectivity index (χ0) is 18.7. The maximum Gasteiger partial charge on any atom is 0.460 e. The predicted octanol–water partition coefficient (Wildman–Crippen LogP) is 2.59. The minimum absolute atomic E-state index is 0.764. The molecule has 0 unspecified atom stereocenters. The first kappa shape index (κ1) is 23.4. The molecule has 19 heteroatoms. The Hall–Kier alpha value is 0.450. The molecule has 0 radical (unpaired) electrons. The number of halogens is 9. The molecule has 0 bridgehead atoms. The molecule has 1 aliphatic heterocycles. The second kappa shape index (κ2) is 7.77. The van der Waals surface area contributed by atoms with Crippen LogP contribution in [0.5, 0.6) is 0 Å². The molecule has 1 fully saturated rings. The monoisotopic (exact) mass is 441 g/mol. The van der Waals surface area contributed by atoms with Gasteiger partial charge >= 0.3 is 33.4 Å². The van der Waals surface area contributed by atoms with E-state index in [1.807, 2.05) is 0 Å². The van der Waals surface area contributed by atoms with Crippen LogP contribution >= 0.6 is 26.6 Å². The Morgan fingerprint density at radius 3 is 1.17 bits per heavy atom. The molecule has 0 saturated carbocycles. The van der Waals surface area contributed by atoms with Crippen LogP contribution in [0.4, 0.5) is 39.5 Å². The molecule has 0 aromatic rings. The van der Waals surface area contributed by atoms with Crippen molar-refractivity contribution < 1.29 is 52.5 Å². The molecule has 0 aromatic carbocycles. The van der Waals surface area contributed by atoms with E-state index in [9.17, 15) is 47.9 Å². The Morgan fingerprint density at radius 2 is 1.00 bits per heavy atom. The van der Waals surface area contributed by atoms with Gasteiger partial charge in [-0.2, -0.15) is 47.9 Å². The lowest BCUT2D eigenvalue weighted by Crippen LogP contribution is -2.63. The summed E-state index contributed by atoms with van der Waals surface area (Å²) in [5.74, 6) is -14.7. The van der Waals surface area contributed by atoms with Gasteiger partial charge in [0.25, 0.3) is 0 Å². The quantitative estimate of drug-likeness (QED) is 0.306. The van der Waals surface area contributed by atoms with E-state index in [0.29, 0.717) is 0 Å². The van der Waals surface area contributed by atoms with Crippen molar-refractivity contribution >= 4 is 36.8 Å². The van der Waals surface area contributed by atoms with Crippen molar-refractivity contribution in [3.8, 4) is 0 Å². The average molecular weight is 441 g/mol. The van der Waals surface area contributed by atoms with Gasteiger partial charge in [0.15, 0.2) is 0 Å². The van der Waals surface area contributed by atoms with Crippen molar-refractivity contribution in [2.75, 3.05) is 0 Å². The summed E-state index contributed by atoms with van der Waals surface area (Å²) in [6.07, 6.45) is -7.13. The first-order valence-electron chi connectivity index (χ1n) is 4.67. The summed E-state index contributed by atoms with van der Waals surface area (Å²) in [7, 11) is -4.88. The Labute approximate surface area is 128 Å². The van der Waals surface area contributed by atoms with Gasteiger partial charge < -0.3 is 0 Å². The second-order valence-electron chi connectivity index (χ2n) is 3.39. The highest BCUT2D eigenvalue weighted by Crippen LogP contribution is 2.54. The number of nitrogens with one attached hydrogen (secondary N) is 3. The first-order chi connectivity index (χ1) is 10.0. The van der Waals surface area contributed by atoms with E-state index in [1.54, 1.807) is 0 Å². The van der Waals surface area contributed by atoms with Gasteiger partial charge in [-0.3, -0.25) is 19.1 Å². The van der Waals surface area contributed by atoms with Gasteiger partial charge in [0.1, 0.15) is 0 Å². The molecule has 0 spiro atoms. The molecule has 0 aliphatic carbocycles. The molecule has 1 aliphatic rings. The highest BCUT2D eigenvalue weighted by atomic mass is 32.2. The van der Waals surface area contributed by atoms with E-state index in [4.69, 9.17) is 4.55 Å². The summed E-state index contributed by atoms with van der Waals surface area (Å²) in [6, 6.07) is 0. The fourth-order valence-electron chi connectivity index (χ4n) is 0.710. The Kier molecular flexibility index (Phi) is 7.93. The van der Waals surface area contributed by atoms with Gasteiger partial charge in [-0.15, -0.1) is 0 Å². The van der Waals surface area contributed by atoms with Crippen molar-refractivity contribution in [1.82, 2.24) is 14.6 Å². The van der Waals surface area contributed by atoms with Gasteiger partial charge in [0, 0.05) is 26.6 Å². The standard InChI is InChI=1S/C4HF9O3S.H6N3P3/c5-1(6,3(9,10)11)2(7,8)4(12,13)17(14,15)16;1-4-2-6-3-5-1/h(H,14,15,16);1-6H. The highest BCUT2D eigenvalue weighted by molar-refractivity contribution is 7.87. The molecule has 4 N–H and O–H groups in total. The molecular weight excluding hydrogens is 434 g/mol. The lowest BCUT2D eigenvalue weighted by Gasteiger charge is -2.31. The van der Waals surface area contributed by atoms with E-state index >= 15 is 0 Å². The van der Waals surface area contributed by atoms with Crippen molar-refractivity contribution in [1.29, 1.82) is 0 Å². The van der Waals surface area contributed by atoms with Crippen LogP contribution in [0.2, 0.25) is 0 Å². The van der Waals surface area contributed by atoms with Crippen LogP contribution in [-0.2, 0) is 10.1 Å². The molecule has 0 atom stereocenters. The molecule has 6 nitrogen and oxygen atoms in total. The van der Waals surface area contributed by atoms with Crippen molar-refractivity contribution in [2.24, 2.45) is 0 Å². The topological polar surface area (TPSA) is 90.5 Å². The lowest BCUT2D eigenvalue weighted by atomic mass is 10.1. The van der Waals surface area contributed by atoms with E-state index in [0.717, 1.165) is 26.6 Å². The van der Waals surface area contributed by atoms with Crippen LogP contribution in [0.1, 0.15) is 0 Å². The molecule has 1 rings (SSSR count). The fourth-order valence-corrected chi connectivity index (χ4v) is 4.35. The predicted molar refractivity (Wildman–Crippen MR) is 66.8 cm³/mol. The first-order valence-corrected chi connectivity index (χ1v) is 9.11. The molecule has 140 valence electrons. The normalized spacial score (nSPS) is 21.3. The zero-order valence-electron chi connectivity index (χ0n) is 10.1. The van der Waals surface area contributed by atoms with Crippen LogP contribution in [0.15, 0.2) is 0 Å². The SMILES string of the molecule is N1PNPNP1.O=S(=O)(O)C(F)(F)C(F)(F)C(F)(F)C(F)(F)F. The Morgan fingerprint density at radius 1 is 0.696 bits per heavy atom. The second-order valence-corrected chi connectivity index (χ2v) is 8.60.